The number of nitrogens with zero attached hydrogens (tertiary/aromatic N) is 3. The van der Waals surface area contributed by atoms with Gasteiger partial charge >= 0.3 is 0 Å². The van der Waals surface area contributed by atoms with Crippen LogP contribution in [0.3, 0.4) is 0 Å². The van der Waals surface area contributed by atoms with Crippen molar-refractivity contribution in [1.82, 2.24) is 13.7 Å². The van der Waals surface area contributed by atoms with Gasteiger partial charge in [0.15, 0.2) is 0 Å². The van der Waals surface area contributed by atoms with Crippen molar-refractivity contribution >= 4 is 121 Å². The average molecular weight is 918 g/mol. The number of benzene rings is 11. The zero-order chi connectivity index (χ0) is 47.8. The Kier molecular flexibility index (Phi) is 7.08. The first kappa shape index (κ1) is 39.4. The van der Waals surface area contributed by atoms with Gasteiger partial charge in [-0.2, -0.15) is 0 Å². The Balaban J connectivity index is 1.11. The standard InChI is InChI=1S/C68H48BN3/c1-67(2,3)40-25-31-53-49(32-40)50-33-41(68(4,5)6)34-52-65(50)71(53)57-35-42(70-54-28-22-37-14-7-9-17-43(37)60(54)61-44-18-10-8-15-38(44)23-29-55(61)70)36-58-64(57)69(52)51-27-26-48-46-20-12-11-19-45(46)47-21-13-16-39-24-30-56-63(59(39)47)62(48)66(51)72(56)58/h7-36H,1-6H3. The Morgan fingerprint density at radius 3 is 1.54 bits per heavy atom. The smallest absolute Gasteiger partial charge is 0.252 e. The number of fused-ring (bicyclic) bond motifs is 18. The van der Waals surface area contributed by atoms with E-state index in [1.807, 2.05) is 0 Å². The summed E-state index contributed by atoms with van der Waals surface area (Å²) >= 11 is 0. The van der Waals surface area contributed by atoms with Crippen molar-refractivity contribution in [2.75, 3.05) is 0 Å². The van der Waals surface area contributed by atoms with Crippen molar-refractivity contribution in [3.8, 4) is 39.3 Å². The Hall–Kier alpha value is -8.34. The lowest BCUT2D eigenvalue weighted by molar-refractivity contribution is 0.590. The molecule has 17 rings (SSSR count). The van der Waals surface area contributed by atoms with E-state index >= 15 is 0 Å². The molecule has 0 amide bonds. The summed E-state index contributed by atoms with van der Waals surface area (Å²) in [6, 6.07) is 70.7. The van der Waals surface area contributed by atoms with E-state index in [4.69, 9.17) is 0 Å². The molecule has 0 N–H and O–H groups in total. The van der Waals surface area contributed by atoms with Gasteiger partial charge in [-0.25, -0.2) is 0 Å². The second kappa shape index (κ2) is 12.9. The van der Waals surface area contributed by atoms with Crippen LogP contribution < -0.4 is 16.4 Å². The molecule has 5 heterocycles. The summed E-state index contributed by atoms with van der Waals surface area (Å²) in [5.74, 6) is 0. The molecule has 0 bridgehead atoms. The van der Waals surface area contributed by atoms with Gasteiger partial charge in [-0.15, -0.1) is 0 Å². The maximum atomic E-state index is 2.70. The molecule has 3 aromatic heterocycles. The Morgan fingerprint density at radius 2 is 0.875 bits per heavy atom. The van der Waals surface area contributed by atoms with E-state index in [-0.39, 0.29) is 17.5 Å². The van der Waals surface area contributed by atoms with Crippen LogP contribution in [0.2, 0.25) is 0 Å². The van der Waals surface area contributed by atoms with E-state index in [1.54, 1.807) is 0 Å². The Labute approximate surface area is 417 Å². The Bertz CT molecular complexity index is 4790. The van der Waals surface area contributed by atoms with E-state index in [1.165, 1.54) is 159 Å². The van der Waals surface area contributed by atoms with Gasteiger partial charge in [0, 0.05) is 49.2 Å². The molecule has 11 aromatic carbocycles. The van der Waals surface area contributed by atoms with E-state index in [0.717, 1.165) is 5.69 Å². The normalized spacial score (nSPS) is 13.7. The maximum Gasteiger partial charge on any atom is 0.252 e. The van der Waals surface area contributed by atoms with Gasteiger partial charge in [0.2, 0.25) is 0 Å². The minimum atomic E-state index is -0.0703. The summed E-state index contributed by atoms with van der Waals surface area (Å²) in [6.07, 6.45) is 0. The fourth-order valence-corrected chi connectivity index (χ4v) is 14.2. The highest BCUT2D eigenvalue weighted by Crippen LogP contribution is 2.51. The SMILES string of the molecule is CC(C)(C)c1ccc2c(c1)c1cc(C(C)(C)C)cc3c1n2-c1cc(-n2c4ccc5ccccc5c4c4c5ccccc5ccc42)cc2c1B3c1ccc3c4c5c6c(cccc6ccc5n-2c14)-c1ccccc1-3. The predicted octanol–water partition coefficient (Wildman–Crippen LogP) is 15.8. The lowest BCUT2D eigenvalue weighted by atomic mass is 9.34. The molecular weight excluding hydrogens is 870 g/mol. The van der Waals surface area contributed by atoms with Crippen LogP contribution in [-0.4, -0.2) is 20.4 Å². The van der Waals surface area contributed by atoms with Crippen LogP contribution in [0.15, 0.2) is 182 Å². The molecule has 14 aromatic rings. The fraction of sp³-hybridized carbons (Fsp3) is 0.118. The zero-order valence-corrected chi connectivity index (χ0v) is 41.2. The number of hydrogen-bond donors (Lipinski definition) is 0. The first-order valence-electron chi connectivity index (χ1n) is 25.8. The van der Waals surface area contributed by atoms with Crippen molar-refractivity contribution in [2.45, 2.75) is 52.4 Å². The molecule has 0 atom stereocenters. The summed E-state index contributed by atoms with van der Waals surface area (Å²) in [6.45, 7) is 14.2. The second-order valence-corrected chi connectivity index (χ2v) is 23.2. The third kappa shape index (κ3) is 4.70. The van der Waals surface area contributed by atoms with Gasteiger partial charge in [0.1, 0.15) is 0 Å². The summed E-state index contributed by atoms with van der Waals surface area (Å²) in [7, 11) is 0. The summed E-state index contributed by atoms with van der Waals surface area (Å²) < 4.78 is 7.96. The van der Waals surface area contributed by atoms with Gasteiger partial charge in [-0.3, -0.25) is 0 Å². The molecule has 72 heavy (non-hydrogen) atoms. The molecule has 2 aliphatic heterocycles. The molecule has 0 fully saturated rings. The molecule has 0 saturated carbocycles. The number of rotatable bonds is 1. The summed E-state index contributed by atoms with van der Waals surface area (Å²) in [5.41, 5.74) is 23.3. The van der Waals surface area contributed by atoms with E-state index in [9.17, 15) is 0 Å². The topological polar surface area (TPSA) is 14.8 Å². The maximum absolute atomic E-state index is 2.70. The largest absolute Gasteiger partial charge is 0.310 e. The van der Waals surface area contributed by atoms with Crippen LogP contribution in [0.25, 0.3) is 137 Å². The highest BCUT2D eigenvalue weighted by molar-refractivity contribution is 7.00. The number of hydrogen-bond acceptors (Lipinski definition) is 0. The fourth-order valence-electron chi connectivity index (χ4n) is 14.2. The van der Waals surface area contributed by atoms with Gasteiger partial charge < -0.3 is 13.7 Å². The van der Waals surface area contributed by atoms with Crippen molar-refractivity contribution in [2.24, 2.45) is 0 Å². The van der Waals surface area contributed by atoms with E-state index < -0.39 is 0 Å². The molecule has 338 valence electrons. The van der Waals surface area contributed by atoms with Crippen LogP contribution >= 0.6 is 0 Å². The molecule has 3 aliphatic rings. The van der Waals surface area contributed by atoms with Crippen molar-refractivity contribution in [1.29, 1.82) is 0 Å². The first-order valence-corrected chi connectivity index (χ1v) is 25.8. The van der Waals surface area contributed by atoms with Crippen molar-refractivity contribution in [3.63, 3.8) is 0 Å². The van der Waals surface area contributed by atoms with Crippen LogP contribution in [0.4, 0.5) is 0 Å². The van der Waals surface area contributed by atoms with Gasteiger partial charge in [-0.05, 0) is 141 Å². The third-order valence-corrected chi connectivity index (χ3v) is 17.4. The van der Waals surface area contributed by atoms with Crippen molar-refractivity contribution < 1.29 is 0 Å². The molecule has 1 aliphatic carbocycles. The van der Waals surface area contributed by atoms with Crippen LogP contribution in [0.5, 0.6) is 0 Å². The molecule has 0 saturated heterocycles. The molecular formula is C68H48BN3. The second-order valence-electron chi connectivity index (χ2n) is 23.2. The van der Waals surface area contributed by atoms with Crippen LogP contribution in [0.1, 0.15) is 52.7 Å². The number of aromatic nitrogens is 3. The van der Waals surface area contributed by atoms with Crippen molar-refractivity contribution in [3.05, 3.63) is 193 Å². The lowest BCUT2D eigenvalue weighted by Gasteiger charge is -2.35. The predicted molar refractivity (Wildman–Crippen MR) is 308 cm³/mol. The van der Waals surface area contributed by atoms with Crippen LogP contribution in [-0.2, 0) is 10.8 Å². The summed E-state index contributed by atoms with van der Waals surface area (Å²) in [4.78, 5) is 0. The molecule has 3 nitrogen and oxygen atoms in total. The molecule has 0 spiro atoms. The molecule has 4 heteroatoms. The zero-order valence-electron chi connectivity index (χ0n) is 41.2. The van der Waals surface area contributed by atoms with Gasteiger partial charge in [0.05, 0.1) is 33.3 Å². The molecule has 0 unspecified atom stereocenters. The minimum absolute atomic E-state index is 0.00567. The van der Waals surface area contributed by atoms with E-state index in [0.29, 0.717) is 0 Å². The lowest BCUT2D eigenvalue weighted by Crippen LogP contribution is -2.59. The highest BCUT2D eigenvalue weighted by Gasteiger charge is 2.43. The monoisotopic (exact) mass is 917 g/mol. The summed E-state index contributed by atoms with van der Waals surface area (Å²) in [5, 5.41) is 15.7. The average Bonchev–Trinajstić information content (AvgIpc) is 4.02. The van der Waals surface area contributed by atoms with E-state index in [2.05, 4.69) is 237 Å². The quantitative estimate of drug-likeness (QED) is 0.146. The minimum Gasteiger partial charge on any atom is -0.310 e. The molecule has 0 radical (unpaired) electrons. The van der Waals surface area contributed by atoms with Crippen LogP contribution in [0, 0.1) is 0 Å². The van der Waals surface area contributed by atoms with Gasteiger partial charge in [0.25, 0.3) is 6.71 Å². The van der Waals surface area contributed by atoms with Gasteiger partial charge in [-0.1, -0.05) is 175 Å². The third-order valence-electron chi connectivity index (χ3n) is 17.4. The first-order chi connectivity index (χ1) is 35.0. The highest BCUT2D eigenvalue weighted by atomic mass is 15.1. The Morgan fingerprint density at radius 1 is 0.333 bits per heavy atom.